The fourth-order valence-electron chi connectivity index (χ4n) is 3.75. The molecule has 0 saturated carbocycles. The first-order valence-electron chi connectivity index (χ1n) is 11.7. The molecule has 1 amide bonds. The number of nitrogens with zero attached hydrogens (tertiary/aromatic N) is 5. The number of aromatic nitrogens is 5. The van der Waals surface area contributed by atoms with Crippen molar-refractivity contribution in [2.45, 2.75) is 39.0 Å². The van der Waals surface area contributed by atoms with Gasteiger partial charge in [-0.2, -0.15) is 0 Å². The van der Waals surface area contributed by atoms with Gasteiger partial charge in [-0.1, -0.05) is 60.7 Å². The van der Waals surface area contributed by atoms with Crippen LogP contribution in [0.4, 0.5) is 0 Å². The molecular weight excluding hydrogens is 472 g/mol. The molecule has 0 aliphatic carbocycles. The van der Waals surface area contributed by atoms with Gasteiger partial charge in [0.15, 0.2) is 0 Å². The van der Waals surface area contributed by atoms with E-state index < -0.39 is 11.6 Å². The molecule has 0 spiro atoms. The van der Waals surface area contributed by atoms with Crippen LogP contribution in [-0.4, -0.2) is 49.8 Å². The predicted molar refractivity (Wildman–Crippen MR) is 136 cm³/mol. The molecule has 0 unspecified atom stereocenters. The zero-order chi connectivity index (χ0) is 26.4. The van der Waals surface area contributed by atoms with Crippen molar-refractivity contribution in [3.63, 3.8) is 0 Å². The van der Waals surface area contributed by atoms with Crippen LogP contribution >= 0.6 is 0 Å². The standard InChI is InChI=1S/C27H28N6O4/c1-27(2,3)37-23(34)17-33-25(30-31-32-33)21-15-22(36-4)20(16-28-21)26(35)29-24(18-11-7-5-8-12-18)19-13-9-6-10-14-19/h5-16,24H,17H2,1-4H3,(H,29,35). The Morgan fingerprint density at radius 2 is 1.62 bits per heavy atom. The number of rotatable bonds is 8. The summed E-state index contributed by atoms with van der Waals surface area (Å²) in [5.74, 6) is -0.324. The van der Waals surface area contributed by atoms with Crippen molar-refractivity contribution in [2.24, 2.45) is 0 Å². The first kappa shape index (κ1) is 25.5. The van der Waals surface area contributed by atoms with Crippen LogP contribution in [-0.2, 0) is 16.1 Å². The van der Waals surface area contributed by atoms with Crippen LogP contribution in [0.1, 0.15) is 48.3 Å². The topological polar surface area (TPSA) is 121 Å². The van der Waals surface area contributed by atoms with E-state index in [0.29, 0.717) is 5.69 Å². The number of benzene rings is 2. The van der Waals surface area contributed by atoms with Crippen molar-refractivity contribution in [3.05, 3.63) is 89.6 Å². The third-order valence-corrected chi connectivity index (χ3v) is 5.33. The lowest BCUT2D eigenvalue weighted by molar-refractivity contribution is -0.155. The van der Waals surface area contributed by atoms with Crippen molar-refractivity contribution in [3.8, 4) is 17.3 Å². The maximum atomic E-state index is 13.4. The Morgan fingerprint density at radius 3 is 2.19 bits per heavy atom. The first-order chi connectivity index (χ1) is 17.7. The highest BCUT2D eigenvalue weighted by Gasteiger charge is 2.23. The number of pyridine rings is 1. The molecule has 1 N–H and O–H groups in total. The van der Waals surface area contributed by atoms with Crippen LogP contribution in [0.5, 0.6) is 5.75 Å². The number of tetrazole rings is 1. The molecular formula is C27H28N6O4. The zero-order valence-electron chi connectivity index (χ0n) is 21.1. The summed E-state index contributed by atoms with van der Waals surface area (Å²) in [5, 5.41) is 14.6. The molecule has 0 aliphatic rings. The SMILES string of the molecule is COc1cc(-c2nnnn2CC(=O)OC(C)(C)C)ncc1C(=O)NC(c1ccccc1)c1ccccc1. The maximum absolute atomic E-state index is 13.4. The predicted octanol–water partition coefficient (Wildman–Crippen LogP) is 3.60. The van der Waals surface area contributed by atoms with E-state index in [-0.39, 0.29) is 35.6 Å². The van der Waals surface area contributed by atoms with E-state index in [1.54, 1.807) is 26.8 Å². The molecule has 37 heavy (non-hydrogen) atoms. The summed E-state index contributed by atoms with van der Waals surface area (Å²) in [4.78, 5) is 30.1. The molecule has 0 saturated heterocycles. The third-order valence-electron chi connectivity index (χ3n) is 5.33. The summed E-state index contributed by atoms with van der Waals surface area (Å²) in [5.41, 5.74) is 1.82. The number of hydrogen-bond donors (Lipinski definition) is 1. The number of amides is 1. The Bertz CT molecular complexity index is 1330. The summed E-state index contributed by atoms with van der Waals surface area (Å²) in [7, 11) is 1.46. The van der Waals surface area contributed by atoms with E-state index in [1.807, 2.05) is 60.7 Å². The summed E-state index contributed by atoms with van der Waals surface area (Å²) >= 11 is 0. The monoisotopic (exact) mass is 500 g/mol. The van der Waals surface area contributed by atoms with Gasteiger partial charge in [0.2, 0.25) is 5.82 Å². The molecule has 10 heteroatoms. The van der Waals surface area contributed by atoms with Crippen LogP contribution < -0.4 is 10.1 Å². The lowest BCUT2D eigenvalue weighted by Crippen LogP contribution is -2.29. The van der Waals surface area contributed by atoms with Crippen LogP contribution in [0.3, 0.4) is 0 Å². The largest absolute Gasteiger partial charge is 0.496 e. The molecule has 0 atom stereocenters. The highest BCUT2D eigenvalue weighted by atomic mass is 16.6. The molecule has 4 aromatic rings. The number of methoxy groups -OCH3 is 1. The summed E-state index contributed by atoms with van der Waals surface area (Å²) in [6.07, 6.45) is 1.41. The van der Waals surface area contributed by atoms with E-state index in [2.05, 4.69) is 25.8 Å². The van der Waals surface area contributed by atoms with Gasteiger partial charge < -0.3 is 14.8 Å². The highest BCUT2D eigenvalue weighted by Crippen LogP contribution is 2.27. The van der Waals surface area contributed by atoms with E-state index in [4.69, 9.17) is 9.47 Å². The molecule has 4 rings (SSSR count). The first-order valence-corrected chi connectivity index (χ1v) is 11.7. The Kier molecular flexibility index (Phi) is 7.57. The molecule has 2 aromatic carbocycles. The molecule has 0 fully saturated rings. The molecule has 0 radical (unpaired) electrons. The fourth-order valence-corrected chi connectivity index (χ4v) is 3.75. The van der Waals surface area contributed by atoms with Crippen molar-refractivity contribution in [1.29, 1.82) is 0 Å². The summed E-state index contributed by atoms with van der Waals surface area (Å²) < 4.78 is 12.2. The smallest absolute Gasteiger partial charge is 0.328 e. The van der Waals surface area contributed by atoms with Gasteiger partial charge in [-0.3, -0.25) is 14.6 Å². The molecule has 2 heterocycles. The van der Waals surface area contributed by atoms with Gasteiger partial charge >= 0.3 is 5.97 Å². The number of ether oxygens (including phenoxy) is 2. The fraction of sp³-hybridized carbons (Fsp3) is 0.259. The van der Waals surface area contributed by atoms with Crippen LogP contribution in [0, 0.1) is 0 Å². The lowest BCUT2D eigenvalue weighted by Gasteiger charge is -2.20. The van der Waals surface area contributed by atoms with Crippen LogP contribution in [0.25, 0.3) is 11.5 Å². The number of esters is 1. The van der Waals surface area contributed by atoms with E-state index >= 15 is 0 Å². The Hall–Kier alpha value is -4.60. The molecule has 190 valence electrons. The van der Waals surface area contributed by atoms with Gasteiger partial charge in [-0.15, -0.1) is 5.10 Å². The Morgan fingerprint density at radius 1 is 1.00 bits per heavy atom. The lowest BCUT2D eigenvalue weighted by atomic mass is 9.98. The van der Waals surface area contributed by atoms with Crippen molar-refractivity contribution in [2.75, 3.05) is 7.11 Å². The summed E-state index contributed by atoms with van der Waals surface area (Å²) in [6, 6.07) is 20.6. The van der Waals surface area contributed by atoms with Crippen molar-refractivity contribution >= 4 is 11.9 Å². The van der Waals surface area contributed by atoms with E-state index in [9.17, 15) is 9.59 Å². The zero-order valence-corrected chi connectivity index (χ0v) is 21.1. The molecule has 2 aromatic heterocycles. The van der Waals surface area contributed by atoms with Crippen molar-refractivity contribution in [1.82, 2.24) is 30.5 Å². The van der Waals surface area contributed by atoms with Gasteiger partial charge in [-0.25, -0.2) is 4.68 Å². The maximum Gasteiger partial charge on any atom is 0.328 e. The number of hydrogen-bond acceptors (Lipinski definition) is 8. The molecule has 0 bridgehead atoms. The number of nitrogens with one attached hydrogen (secondary N) is 1. The molecule has 0 aliphatic heterocycles. The van der Waals surface area contributed by atoms with E-state index in [1.165, 1.54) is 18.0 Å². The third kappa shape index (κ3) is 6.35. The highest BCUT2D eigenvalue weighted by molar-refractivity contribution is 5.97. The van der Waals surface area contributed by atoms with Crippen molar-refractivity contribution < 1.29 is 19.1 Å². The minimum atomic E-state index is -0.640. The van der Waals surface area contributed by atoms with Gasteiger partial charge in [-0.05, 0) is 42.3 Å². The van der Waals surface area contributed by atoms with Gasteiger partial charge in [0.1, 0.15) is 23.6 Å². The number of carbonyl (C=O) groups is 2. The Balaban J connectivity index is 1.59. The second kappa shape index (κ2) is 11.0. The molecule has 10 nitrogen and oxygen atoms in total. The second-order valence-electron chi connectivity index (χ2n) is 9.24. The van der Waals surface area contributed by atoms with Gasteiger partial charge in [0, 0.05) is 12.3 Å². The normalized spacial score (nSPS) is 11.3. The average molecular weight is 501 g/mol. The van der Waals surface area contributed by atoms with Gasteiger partial charge in [0.05, 0.1) is 18.7 Å². The minimum absolute atomic E-state index is 0.193. The van der Waals surface area contributed by atoms with Crippen LogP contribution in [0.15, 0.2) is 72.9 Å². The van der Waals surface area contributed by atoms with Gasteiger partial charge in [0.25, 0.3) is 5.91 Å². The number of carbonyl (C=O) groups excluding carboxylic acids is 2. The van der Waals surface area contributed by atoms with E-state index in [0.717, 1.165) is 11.1 Å². The summed E-state index contributed by atoms with van der Waals surface area (Å²) in [6.45, 7) is 5.15. The Labute approximate surface area is 214 Å². The van der Waals surface area contributed by atoms with Crippen LogP contribution in [0.2, 0.25) is 0 Å². The quantitative estimate of drug-likeness (QED) is 0.364. The average Bonchev–Trinajstić information content (AvgIpc) is 3.34. The second-order valence-corrected chi connectivity index (χ2v) is 9.24. The minimum Gasteiger partial charge on any atom is -0.496 e.